The highest BCUT2D eigenvalue weighted by molar-refractivity contribution is 5.81. The van der Waals surface area contributed by atoms with Gasteiger partial charge in [0, 0.05) is 28.4 Å². The molecule has 0 radical (unpaired) electrons. The number of methoxy groups -OCH3 is 1. The minimum absolute atomic E-state index is 0.277. The molecular formula is C16H15FN2O. The molecule has 3 rings (SSSR count). The zero-order valence-electron chi connectivity index (χ0n) is 11.1. The Balaban J connectivity index is 2.03. The fourth-order valence-corrected chi connectivity index (χ4v) is 2.36. The van der Waals surface area contributed by atoms with Crippen LogP contribution in [0, 0.1) is 5.82 Å². The normalized spacial score (nSPS) is 10.9. The van der Waals surface area contributed by atoms with E-state index in [1.165, 1.54) is 6.07 Å². The van der Waals surface area contributed by atoms with Gasteiger partial charge in [-0.25, -0.2) is 4.39 Å². The van der Waals surface area contributed by atoms with Gasteiger partial charge in [0.2, 0.25) is 0 Å². The summed E-state index contributed by atoms with van der Waals surface area (Å²) in [4.78, 5) is 0. The third-order valence-corrected chi connectivity index (χ3v) is 3.46. The van der Waals surface area contributed by atoms with Gasteiger partial charge in [0.15, 0.2) is 0 Å². The maximum Gasteiger partial charge on any atom is 0.130 e. The van der Waals surface area contributed by atoms with Crippen molar-refractivity contribution in [3.8, 4) is 5.75 Å². The Morgan fingerprint density at radius 1 is 1.20 bits per heavy atom. The average molecular weight is 270 g/mol. The lowest BCUT2D eigenvalue weighted by molar-refractivity contribution is 0.415. The Hall–Kier alpha value is -2.49. The number of aromatic nitrogens is 1. The first-order valence-corrected chi connectivity index (χ1v) is 6.35. The van der Waals surface area contributed by atoms with Crippen molar-refractivity contribution in [3.05, 3.63) is 60.0 Å². The van der Waals surface area contributed by atoms with Crippen molar-refractivity contribution < 1.29 is 9.13 Å². The molecule has 2 N–H and O–H groups in total. The van der Waals surface area contributed by atoms with Crippen LogP contribution >= 0.6 is 0 Å². The number of nitrogens with two attached hydrogens (primary N) is 1. The minimum atomic E-state index is -0.277. The van der Waals surface area contributed by atoms with Crippen LogP contribution in [0.4, 0.5) is 10.1 Å². The Labute approximate surface area is 116 Å². The highest BCUT2D eigenvalue weighted by Gasteiger charge is 2.09. The van der Waals surface area contributed by atoms with Crippen LogP contribution in [0.15, 0.2) is 48.7 Å². The van der Waals surface area contributed by atoms with E-state index < -0.39 is 0 Å². The number of fused-ring (bicyclic) bond motifs is 1. The van der Waals surface area contributed by atoms with E-state index in [4.69, 9.17) is 10.5 Å². The Kier molecular flexibility index (Phi) is 3.06. The molecule has 102 valence electrons. The largest absolute Gasteiger partial charge is 0.497 e. The van der Waals surface area contributed by atoms with E-state index in [0.29, 0.717) is 17.8 Å². The zero-order chi connectivity index (χ0) is 14.1. The van der Waals surface area contributed by atoms with Crippen molar-refractivity contribution in [1.29, 1.82) is 0 Å². The van der Waals surface area contributed by atoms with Gasteiger partial charge in [-0.2, -0.15) is 0 Å². The second-order valence-electron chi connectivity index (χ2n) is 4.68. The molecule has 0 spiro atoms. The van der Waals surface area contributed by atoms with Crippen LogP contribution in [0.5, 0.6) is 5.75 Å². The molecule has 0 saturated heterocycles. The van der Waals surface area contributed by atoms with Gasteiger partial charge in [0.05, 0.1) is 13.7 Å². The first-order chi connectivity index (χ1) is 9.69. The van der Waals surface area contributed by atoms with Crippen molar-refractivity contribution in [3.63, 3.8) is 0 Å². The fourth-order valence-electron chi connectivity index (χ4n) is 2.36. The lowest BCUT2D eigenvalue weighted by Crippen LogP contribution is -2.04. The summed E-state index contributed by atoms with van der Waals surface area (Å²) in [5.74, 6) is 0.529. The maximum absolute atomic E-state index is 13.8. The lowest BCUT2D eigenvalue weighted by atomic mass is 10.1. The molecule has 0 atom stereocenters. The molecule has 4 heteroatoms. The van der Waals surface area contributed by atoms with Crippen LogP contribution in [0.25, 0.3) is 10.9 Å². The number of anilines is 1. The van der Waals surface area contributed by atoms with Crippen LogP contribution in [0.3, 0.4) is 0 Å². The number of nitrogens with zero attached hydrogens (tertiary/aromatic N) is 1. The molecule has 1 heterocycles. The van der Waals surface area contributed by atoms with Gasteiger partial charge < -0.3 is 15.0 Å². The molecule has 3 nitrogen and oxygen atoms in total. The van der Waals surface area contributed by atoms with E-state index in [2.05, 4.69) is 0 Å². The number of ether oxygens (including phenoxy) is 1. The average Bonchev–Trinajstić information content (AvgIpc) is 2.85. The predicted molar refractivity (Wildman–Crippen MR) is 78.4 cm³/mol. The van der Waals surface area contributed by atoms with E-state index in [-0.39, 0.29) is 5.82 Å². The Bertz CT molecular complexity index is 744. The SMILES string of the molecule is COc1ccc2c(ccn2Cc2c(N)cccc2F)c1. The van der Waals surface area contributed by atoms with E-state index >= 15 is 0 Å². The minimum Gasteiger partial charge on any atom is -0.497 e. The molecule has 0 bridgehead atoms. The third-order valence-electron chi connectivity index (χ3n) is 3.46. The first-order valence-electron chi connectivity index (χ1n) is 6.35. The summed E-state index contributed by atoms with van der Waals surface area (Å²) in [5, 5.41) is 1.05. The monoisotopic (exact) mass is 270 g/mol. The zero-order valence-corrected chi connectivity index (χ0v) is 11.1. The van der Waals surface area contributed by atoms with Crippen LogP contribution in [0.1, 0.15) is 5.56 Å². The third kappa shape index (κ3) is 2.09. The molecule has 0 amide bonds. The van der Waals surface area contributed by atoms with Crippen LogP contribution < -0.4 is 10.5 Å². The number of rotatable bonds is 3. The molecule has 0 aliphatic rings. The van der Waals surface area contributed by atoms with Gasteiger partial charge in [-0.15, -0.1) is 0 Å². The quantitative estimate of drug-likeness (QED) is 0.741. The Morgan fingerprint density at radius 3 is 2.80 bits per heavy atom. The van der Waals surface area contributed by atoms with Gasteiger partial charge in [-0.3, -0.25) is 0 Å². The second kappa shape index (κ2) is 4.89. The smallest absolute Gasteiger partial charge is 0.130 e. The van der Waals surface area contributed by atoms with E-state index in [9.17, 15) is 4.39 Å². The molecule has 1 aromatic heterocycles. The van der Waals surface area contributed by atoms with Crippen molar-refractivity contribution in [2.24, 2.45) is 0 Å². The fraction of sp³-hybridized carbons (Fsp3) is 0.125. The van der Waals surface area contributed by atoms with Crippen molar-refractivity contribution >= 4 is 16.6 Å². The molecule has 20 heavy (non-hydrogen) atoms. The number of benzene rings is 2. The summed E-state index contributed by atoms with van der Waals surface area (Å²) in [6.07, 6.45) is 1.93. The molecule has 3 aromatic rings. The topological polar surface area (TPSA) is 40.2 Å². The van der Waals surface area contributed by atoms with Crippen LogP contribution in [-0.4, -0.2) is 11.7 Å². The molecule has 0 aliphatic carbocycles. The number of hydrogen-bond donors (Lipinski definition) is 1. The predicted octanol–water partition coefficient (Wildman–Crippen LogP) is 3.42. The van der Waals surface area contributed by atoms with Gasteiger partial charge >= 0.3 is 0 Å². The van der Waals surface area contributed by atoms with E-state index in [0.717, 1.165) is 16.7 Å². The standard InChI is InChI=1S/C16H15FN2O/c1-20-12-5-6-16-11(9-12)7-8-19(16)10-13-14(17)3-2-4-15(13)18/h2-9H,10,18H2,1H3. The van der Waals surface area contributed by atoms with Crippen molar-refractivity contribution in [1.82, 2.24) is 4.57 Å². The van der Waals surface area contributed by atoms with Gasteiger partial charge in [0.1, 0.15) is 11.6 Å². The molecular weight excluding hydrogens is 255 g/mol. The number of halogens is 1. The molecule has 2 aromatic carbocycles. The van der Waals surface area contributed by atoms with E-state index in [1.54, 1.807) is 19.2 Å². The van der Waals surface area contributed by atoms with Crippen LogP contribution in [-0.2, 0) is 6.54 Å². The van der Waals surface area contributed by atoms with Crippen molar-refractivity contribution in [2.75, 3.05) is 12.8 Å². The van der Waals surface area contributed by atoms with Gasteiger partial charge in [-0.05, 0) is 36.4 Å². The first kappa shape index (κ1) is 12.5. The number of nitrogen functional groups attached to an aromatic ring is 1. The molecule has 0 aliphatic heterocycles. The molecule has 0 saturated carbocycles. The summed E-state index contributed by atoms with van der Waals surface area (Å²) < 4.78 is 21.0. The molecule has 0 unspecified atom stereocenters. The van der Waals surface area contributed by atoms with Crippen LogP contribution in [0.2, 0.25) is 0 Å². The lowest BCUT2D eigenvalue weighted by Gasteiger charge is -2.10. The van der Waals surface area contributed by atoms with Crippen molar-refractivity contribution in [2.45, 2.75) is 6.54 Å². The second-order valence-corrected chi connectivity index (χ2v) is 4.68. The maximum atomic E-state index is 13.8. The summed E-state index contributed by atoms with van der Waals surface area (Å²) >= 11 is 0. The summed E-state index contributed by atoms with van der Waals surface area (Å²) in [7, 11) is 1.64. The highest BCUT2D eigenvalue weighted by atomic mass is 19.1. The Morgan fingerprint density at radius 2 is 2.05 bits per heavy atom. The van der Waals surface area contributed by atoms with Gasteiger partial charge in [0.25, 0.3) is 0 Å². The number of hydrogen-bond acceptors (Lipinski definition) is 2. The summed E-state index contributed by atoms with van der Waals surface area (Å²) in [6, 6.07) is 12.6. The van der Waals surface area contributed by atoms with E-state index in [1.807, 2.05) is 35.0 Å². The summed E-state index contributed by atoms with van der Waals surface area (Å²) in [5.41, 5.74) is 7.86. The molecule has 0 fully saturated rings. The summed E-state index contributed by atoms with van der Waals surface area (Å²) in [6.45, 7) is 0.411. The van der Waals surface area contributed by atoms with Gasteiger partial charge in [-0.1, -0.05) is 6.07 Å². The highest BCUT2D eigenvalue weighted by Crippen LogP contribution is 2.24.